The standard InChI is InChI=1S/C19H21NO6/c1-11-14-6-5-13(25-2)8-16(14)26-19(24)15(11)9-17(21)20-7-3-4-12(10-20)18(22)23/h5-6,8,12H,3-4,7,9-10H2,1-2H3,(H,22,23)/p-1/t12-/m0/s1. The Bertz CT molecular complexity index is 916. The molecule has 0 aliphatic carbocycles. The molecule has 26 heavy (non-hydrogen) atoms. The van der Waals surface area contributed by atoms with Crippen LogP contribution in [0.15, 0.2) is 27.4 Å². The highest BCUT2D eigenvalue weighted by Gasteiger charge is 2.26. The van der Waals surface area contributed by atoms with Crippen LogP contribution in [0.5, 0.6) is 5.75 Å². The Morgan fingerprint density at radius 1 is 1.38 bits per heavy atom. The lowest BCUT2D eigenvalue weighted by Crippen LogP contribution is -2.46. The molecule has 2 aromatic rings. The molecule has 2 heterocycles. The van der Waals surface area contributed by atoms with E-state index in [1.165, 1.54) is 12.0 Å². The van der Waals surface area contributed by atoms with Crippen LogP contribution in [0.2, 0.25) is 0 Å². The van der Waals surface area contributed by atoms with Gasteiger partial charge < -0.3 is 24.0 Å². The quantitative estimate of drug-likeness (QED) is 0.744. The molecular formula is C19H20NO6-. The molecule has 1 aromatic heterocycles. The lowest BCUT2D eigenvalue weighted by atomic mass is 9.97. The van der Waals surface area contributed by atoms with Crippen LogP contribution in [-0.4, -0.2) is 37.0 Å². The van der Waals surface area contributed by atoms with E-state index in [2.05, 4.69) is 0 Å². The van der Waals surface area contributed by atoms with Gasteiger partial charge in [0.25, 0.3) is 0 Å². The third kappa shape index (κ3) is 3.42. The Hall–Kier alpha value is -2.83. The smallest absolute Gasteiger partial charge is 0.340 e. The van der Waals surface area contributed by atoms with Gasteiger partial charge in [0.15, 0.2) is 0 Å². The van der Waals surface area contributed by atoms with Gasteiger partial charge in [0.1, 0.15) is 11.3 Å². The van der Waals surface area contributed by atoms with Crippen molar-refractivity contribution in [1.82, 2.24) is 4.90 Å². The summed E-state index contributed by atoms with van der Waals surface area (Å²) in [6.07, 6.45) is 0.997. The van der Waals surface area contributed by atoms with Gasteiger partial charge in [0, 0.05) is 36.4 Å². The SMILES string of the molecule is COc1ccc2c(C)c(CC(=O)N3CCC[C@H](C(=O)[O-])C3)c(=O)oc2c1. The molecule has 0 saturated carbocycles. The number of ether oxygens (including phenoxy) is 1. The number of rotatable bonds is 4. The van der Waals surface area contributed by atoms with Crippen LogP contribution in [0.25, 0.3) is 11.0 Å². The summed E-state index contributed by atoms with van der Waals surface area (Å²) in [5.74, 6) is -1.50. The highest BCUT2D eigenvalue weighted by molar-refractivity contribution is 5.85. The summed E-state index contributed by atoms with van der Waals surface area (Å²) in [4.78, 5) is 37.5. The largest absolute Gasteiger partial charge is 0.550 e. The molecule has 7 heteroatoms. The number of fused-ring (bicyclic) bond motifs is 1. The number of methoxy groups -OCH3 is 1. The van der Waals surface area contributed by atoms with Gasteiger partial charge >= 0.3 is 5.63 Å². The molecule has 1 amide bonds. The first-order valence-corrected chi connectivity index (χ1v) is 8.49. The van der Waals surface area contributed by atoms with Gasteiger partial charge in [-0.1, -0.05) is 0 Å². The van der Waals surface area contributed by atoms with E-state index in [0.29, 0.717) is 41.8 Å². The number of carboxylic acid groups (broad SMARTS) is 1. The van der Waals surface area contributed by atoms with Crippen molar-refractivity contribution in [2.45, 2.75) is 26.2 Å². The molecule has 0 spiro atoms. The maximum atomic E-state index is 12.6. The third-order valence-electron chi connectivity index (χ3n) is 4.93. The summed E-state index contributed by atoms with van der Waals surface area (Å²) >= 11 is 0. The van der Waals surface area contributed by atoms with Gasteiger partial charge in [-0.25, -0.2) is 4.79 Å². The summed E-state index contributed by atoms with van der Waals surface area (Å²) in [6, 6.07) is 5.17. The number of amides is 1. The molecule has 3 rings (SSSR count). The van der Waals surface area contributed by atoms with Crippen molar-refractivity contribution in [3.8, 4) is 5.75 Å². The fourth-order valence-corrected chi connectivity index (χ4v) is 3.36. The zero-order chi connectivity index (χ0) is 18.8. The van der Waals surface area contributed by atoms with E-state index in [4.69, 9.17) is 9.15 Å². The molecule has 7 nitrogen and oxygen atoms in total. The second-order valence-corrected chi connectivity index (χ2v) is 6.53. The van der Waals surface area contributed by atoms with Crippen molar-refractivity contribution < 1.29 is 23.8 Å². The monoisotopic (exact) mass is 358 g/mol. The summed E-state index contributed by atoms with van der Waals surface area (Å²) in [5, 5.41) is 11.8. The summed E-state index contributed by atoms with van der Waals surface area (Å²) < 4.78 is 10.5. The minimum absolute atomic E-state index is 0.115. The van der Waals surface area contributed by atoms with Crippen LogP contribution in [0.1, 0.15) is 24.0 Å². The zero-order valence-corrected chi connectivity index (χ0v) is 14.7. The first kappa shape index (κ1) is 18.0. The molecule has 1 fully saturated rings. The van der Waals surface area contributed by atoms with Crippen LogP contribution >= 0.6 is 0 Å². The highest BCUT2D eigenvalue weighted by atomic mass is 16.5. The lowest BCUT2D eigenvalue weighted by Gasteiger charge is -2.33. The van der Waals surface area contributed by atoms with Crippen LogP contribution in [-0.2, 0) is 16.0 Å². The minimum Gasteiger partial charge on any atom is -0.550 e. The molecule has 0 radical (unpaired) electrons. The van der Waals surface area contributed by atoms with Gasteiger partial charge in [-0.05, 0) is 37.5 Å². The van der Waals surface area contributed by atoms with E-state index in [1.54, 1.807) is 25.1 Å². The number of carbonyl (C=O) groups excluding carboxylic acids is 2. The minimum atomic E-state index is -1.14. The van der Waals surface area contributed by atoms with Crippen LogP contribution in [0, 0.1) is 12.8 Å². The van der Waals surface area contributed by atoms with E-state index in [-0.39, 0.29) is 18.9 Å². The van der Waals surface area contributed by atoms with Crippen molar-refractivity contribution in [2.24, 2.45) is 5.92 Å². The van der Waals surface area contributed by atoms with Gasteiger partial charge in [-0.2, -0.15) is 0 Å². The molecule has 1 saturated heterocycles. The Morgan fingerprint density at radius 2 is 2.15 bits per heavy atom. The topological polar surface area (TPSA) is 99.9 Å². The number of nitrogens with zero attached hydrogens (tertiary/aromatic N) is 1. The van der Waals surface area contributed by atoms with Crippen molar-refractivity contribution in [3.05, 3.63) is 39.7 Å². The number of benzene rings is 1. The number of carboxylic acids is 1. The fourth-order valence-electron chi connectivity index (χ4n) is 3.36. The average Bonchev–Trinajstić information content (AvgIpc) is 2.64. The summed E-state index contributed by atoms with van der Waals surface area (Å²) in [5.41, 5.74) is 0.812. The Morgan fingerprint density at radius 3 is 2.85 bits per heavy atom. The predicted molar refractivity (Wildman–Crippen MR) is 91.8 cm³/mol. The first-order valence-electron chi connectivity index (χ1n) is 8.49. The Kier molecular flexibility index (Phi) is 4.97. The van der Waals surface area contributed by atoms with Gasteiger partial charge in [0.05, 0.1) is 19.1 Å². The van der Waals surface area contributed by atoms with Crippen LogP contribution < -0.4 is 15.5 Å². The molecule has 0 N–H and O–H groups in total. The Balaban J connectivity index is 1.87. The molecule has 1 atom stereocenters. The van der Waals surface area contributed by atoms with Gasteiger partial charge in [-0.3, -0.25) is 4.79 Å². The lowest BCUT2D eigenvalue weighted by molar-refractivity contribution is -0.312. The number of likely N-dealkylation sites (tertiary alicyclic amines) is 1. The second-order valence-electron chi connectivity index (χ2n) is 6.53. The highest BCUT2D eigenvalue weighted by Crippen LogP contribution is 2.25. The van der Waals surface area contributed by atoms with E-state index in [1.807, 2.05) is 0 Å². The maximum absolute atomic E-state index is 12.6. The van der Waals surface area contributed by atoms with Crippen molar-refractivity contribution in [3.63, 3.8) is 0 Å². The zero-order valence-electron chi connectivity index (χ0n) is 14.7. The van der Waals surface area contributed by atoms with E-state index in [0.717, 1.165) is 5.39 Å². The van der Waals surface area contributed by atoms with Gasteiger partial charge in [0.2, 0.25) is 5.91 Å². The van der Waals surface area contributed by atoms with E-state index < -0.39 is 17.5 Å². The van der Waals surface area contributed by atoms with Gasteiger partial charge in [-0.15, -0.1) is 0 Å². The number of aliphatic carboxylic acids is 1. The number of carbonyl (C=O) groups is 2. The number of hydrogen-bond donors (Lipinski definition) is 0. The van der Waals surface area contributed by atoms with Crippen LogP contribution in [0.4, 0.5) is 0 Å². The number of aryl methyl sites for hydroxylation is 1. The molecule has 1 aliphatic rings. The normalized spacial score (nSPS) is 17.3. The predicted octanol–water partition coefficient (Wildman–Crippen LogP) is 0.641. The van der Waals surface area contributed by atoms with E-state index in [9.17, 15) is 19.5 Å². The molecule has 0 bridgehead atoms. The van der Waals surface area contributed by atoms with E-state index >= 15 is 0 Å². The average molecular weight is 358 g/mol. The van der Waals surface area contributed by atoms with Crippen LogP contribution in [0.3, 0.4) is 0 Å². The summed E-state index contributed by atoms with van der Waals surface area (Å²) in [7, 11) is 1.53. The third-order valence-corrected chi connectivity index (χ3v) is 4.93. The molecular weight excluding hydrogens is 338 g/mol. The van der Waals surface area contributed by atoms with Crippen molar-refractivity contribution >= 4 is 22.8 Å². The van der Waals surface area contributed by atoms with Crippen molar-refractivity contribution in [1.29, 1.82) is 0 Å². The first-order chi connectivity index (χ1) is 12.4. The fraction of sp³-hybridized carbons (Fsp3) is 0.421. The maximum Gasteiger partial charge on any atom is 0.340 e. The molecule has 0 unspecified atom stereocenters. The Labute approximate surface area is 150 Å². The number of piperidine rings is 1. The molecule has 1 aromatic carbocycles. The summed E-state index contributed by atoms with van der Waals surface area (Å²) in [6.45, 7) is 2.38. The second kappa shape index (κ2) is 7.19. The molecule has 1 aliphatic heterocycles. The molecule has 138 valence electrons. The number of hydrogen-bond acceptors (Lipinski definition) is 6. The van der Waals surface area contributed by atoms with Crippen molar-refractivity contribution in [2.75, 3.05) is 20.2 Å².